The molecule has 0 bridgehead atoms. The van der Waals surface area contributed by atoms with Gasteiger partial charge in [0.2, 0.25) is 0 Å². The zero-order chi connectivity index (χ0) is 30.0. The number of ether oxygens (including phenoxy) is 1. The van der Waals surface area contributed by atoms with Gasteiger partial charge in [-0.2, -0.15) is 0 Å². The number of benzene rings is 2. The first kappa shape index (κ1) is 32.8. The number of hydrogen-bond donors (Lipinski definition) is 2. The second kappa shape index (κ2) is 15.5. The van der Waals surface area contributed by atoms with Gasteiger partial charge in [-0.3, -0.25) is 9.69 Å². The van der Waals surface area contributed by atoms with Crippen molar-refractivity contribution in [2.75, 3.05) is 32.3 Å². The Morgan fingerprint density at radius 1 is 1.07 bits per heavy atom. The van der Waals surface area contributed by atoms with Crippen molar-refractivity contribution in [3.8, 4) is 11.1 Å². The van der Waals surface area contributed by atoms with Crippen LogP contribution in [0.3, 0.4) is 0 Å². The van der Waals surface area contributed by atoms with Gasteiger partial charge >= 0.3 is 5.97 Å². The van der Waals surface area contributed by atoms with Crippen molar-refractivity contribution in [3.63, 3.8) is 0 Å². The van der Waals surface area contributed by atoms with Gasteiger partial charge in [0.25, 0.3) is 5.91 Å². The molecular weight excluding hydrogens is 540 g/mol. The van der Waals surface area contributed by atoms with Crippen molar-refractivity contribution in [2.45, 2.75) is 83.3 Å². The first-order chi connectivity index (χ1) is 19.5. The summed E-state index contributed by atoms with van der Waals surface area (Å²) in [5.74, 6) is -2.13. The van der Waals surface area contributed by atoms with E-state index < -0.39 is 27.8 Å². The monoisotopic (exact) mass is 586 g/mol. The smallest absolute Gasteiger partial charge is 0.326 e. The molecule has 2 aromatic rings. The number of carboxylic acid groups (broad SMARTS) is 1. The van der Waals surface area contributed by atoms with Crippen molar-refractivity contribution in [1.82, 2.24) is 10.2 Å². The molecule has 2 N–H and O–H groups in total. The highest BCUT2D eigenvalue weighted by molar-refractivity contribution is 7.90. The lowest BCUT2D eigenvalue weighted by Crippen LogP contribution is -2.44. The van der Waals surface area contributed by atoms with Crippen molar-refractivity contribution < 1.29 is 27.9 Å². The van der Waals surface area contributed by atoms with Gasteiger partial charge in [0.1, 0.15) is 15.9 Å². The van der Waals surface area contributed by atoms with E-state index in [4.69, 9.17) is 4.74 Å². The average Bonchev–Trinajstić information content (AvgIpc) is 2.95. The summed E-state index contributed by atoms with van der Waals surface area (Å²) in [4.78, 5) is 27.7. The summed E-state index contributed by atoms with van der Waals surface area (Å²) >= 11 is 0. The van der Waals surface area contributed by atoms with Gasteiger partial charge in [0.05, 0.1) is 12.4 Å². The number of rotatable bonds is 15. The normalized spacial score (nSPS) is 15.9. The van der Waals surface area contributed by atoms with Crippen molar-refractivity contribution in [2.24, 2.45) is 0 Å². The van der Waals surface area contributed by atoms with Crippen molar-refractivity contribution >= 4 is 21.7 Å². The second-order valence-corrected chi connectivity index (χ2v) is 13.5. The second-order valence-electron chi connectivity index (χ2n) is 11.3. The van der Waals surface area contributed by atoms with E-state index in [-0.39, 0.29) is 18.2 Å². The number of likely N-dealkylation sites (N-methyl/N-ethyl adjacent to an activating group) is 1. The highest BCUT2D eigenvalue weighted by atomic mass is 32.2. The number of sulfone groups is 1. The lowest BCUT2D eigenvalue weighted by atomic mass is 9.91. The highest BCUT2D eigenvalue weighted by Crippen LogP contribution is 2.30. The van der Waals surface area contributed by atoms with Crippen LogP contribution in [0.25, 0.3) is 11.1 Å². The maximum atomic E-state index is 13.4. The van der Waals surface area contributed by atoms with Crippen LogP contribution in [0.15, 0.2) is 42.5 Å². The lowest BCUT2D eigenvalue weighted by molar-refractivity contribution is -0.139. The summed E-state index contributed by atoms with van der Waals surface area (Å²) in [6.07, 6.45) is 8.88. The number of aliphatic carboxylic acids is 1. The molecule has 226 valence electrons. The molecule has 9 heteroatoms. The summed E-state index contributed by atoms with van der Waals surface area (Å²) in [6, 6.07) is 13.1. The zero-order valence-corrected chi connectivity index (χ0v) is 25.7. The van der Waals surface area contributed by atoms with Crippen LogP contribution in [0, 0.1) is 6.92 Å². The molecule has 0 saturated heterocycles. The summed E-state index contributed by atoms with van der Waals surface area (Å²) in [7, 11) is -1.16. The third kappa shape index (κ3) is 9.94. The van der Waals surface area contributed by atoms with Crippen LogP contribution in [0.5, 0.6) is 0 Å². The van der Waals surface area contributed by atoms with E-state index in [0.717, 1.165) is 41.4 Å². The fourth-order valence-corrected chi connectivity index (χ4v) is 6.31. The Bertz CT molecular complexity index is 1270. The Kier molecular flexibility index (Phi) is 12.4. The van der Waals surface area contributed by atoms with Gasteiger partial charge in [-0.05, 0) is 81.3 Å². The number of nitrogens with zero attached hydrogens (tertiary/aromatic N) is 1. The highest BCUT2D eigenvalue weighted by Gasteiger charge is 2.26. The molecule has 1 saturated carbocycles. The standard InChI is InChI=1S/C32H46N2O6S/c1-5-40-22-26(34(3)25-12-7-6-8-13-25)17-15-24-16-18-28(29(21-24)27-14-10-9-11-23(27)2)31(35)33-30(32(36)37)19-20-41(4,38)39/h9-11,14,16,18,21,25-26,30H,5-8,12-13,15,17,19-20,22H2,1-4H3,(H,33,35)(H,36,37). The molecule has 0 heterocycles. The maximum Gasteiger partial charge on any atom is 0.326 e. The van der Waals surface area contributed by atoms with Crippen LogP contribution in [0.1, 0.15) is 73.4 Å². The minimum absolute atomic E-state index is 0.201. The summed E-state index contributed by atoms with van der Waals surface area (Å²) in [5, 5.41) is 12.2. The molecule has 1 aliphatic rings. The Balaban J connectivity index is 1.86. The molecule has 3 rings (SSSR count). The van der Waals surface area contributed by atoms with Crippen LogP contribution in [0.2, 0.25) is 0 Å². The summed E-state index contributed by atoms with van der Waals surface area (Å²) in [5.41, 5.74) is 4.07. The van der Waals surface area contributed by atoms with Gasteiger partial charge < -0.3 is 15.2 Å². The predicted octanol–water partition coefficient (Wildman–Crippen LogP) is 4.88. The zero-order valence-electron chi connectivity index (χ0n) is 24.9. The van der Waals surface area contributed by atoms with E-state index >= 15 is 0 Å². The van der Waals surface area contributed by atoms with E-state index in [1.807, 2.05) is 50.2 Å². The first-order valence-corrected chi connectivity index (χ1v) is 16.8. The molecule has 1 amide bonds. The number of carbonyl (C=O) groups excluding carboxylic acids is 1. The minimum Gasteiger partial charge on any atom is -0.480 e. The van der Waals surface area contributed by atoms with Crippen molar-refractivity contribution in [1.29, 1.82) is 0 Å². The maximum absolute atomic E-state index is 13.4. The van der Waals surface area contributed by atoms with Crippen LogP contribution < -0.4 is 5.32 Å². The van der Waals surface area contributed by atoms with E-state index in [1.54, 1.807) is 6.07 Å². The SMILES string of the molecule is CCOCC(CCc1ccc(C(=O)NC(CCS(C)(=O)=O)C(=O)O)c(-c2ccccc2C)c1)N(C)C1CCCCC1. The fraction of sp³-hybridized carbons (Fsp3) is 0.562. The van der Waals surface area contributed by atoms with Gasteiger partial charge in [-0.1, -0.05) is 55.7 Å². The third-order valence-electron chi connectivity index (χ3n) is 8.15. The Morgan fingerprint density at radius 2 is 1.78 bits per heavy atom. The predicted molar refractivity (Wildman–Crippen MR) is 163 cm³/mol. The number of carboxylic acids is 1. The lowest BCUT2D eigenvalue weighted by Gasteiger charge is -2.37. The van der Waals surface area contributed by atoms with Gasteiger partial charge in [-0.25, -0.2) is 13.2 Å². The Hall–Kier alpha value is -2.75. The van der Waals surface area contributed by atoms with Gasteiger partial charge in [0, 0.05) is 30.5 Å². The molecule has 1 aliphatic carbocycles. The molecular formula is C32H46N2O6S. The molecule has 0 aliphatic heterocycles. The number of amides is 1. The minimum atomic E-state index is -3.38. The molecule has 0 aromatic heterocycles. The Morgan fingerprint density at radius 3 is 2.41 bits per heavy atom. The van der Waals surface area contributed by atoms with Crippen molar-refractivity contribution in [3.05, 3.63) is 59.2 Å². The van der Waals surface area contributed by atoms with E-state index in [2.05, 4.69) is 17.3 Å². The number of carbonyl (C=O) groups is 2. The summed E-state index contributed by atoms with van der Waals surface area (Å²) in [6.45, 7) is 5.36. The molecule has 0 radical (unpaired) electrons. The largest absolute Gasteiger partial charge is 0.480 e. The van der Waals surface area contributed by atoms with E-state index in [0.29, 0.717) is 24.8 Å². The van der Waals surface area contributed by atoms with Crippen LogP contribution in [0.4, 0.5) is 0 Å². The molecule has 2 aromatic carbocycles. The molecule has 0 spiro atoms. The Labute approximate surface area is 245 Å². The fourth-order valence-electron chi connectivity index (χ4n) is 5.65. The third-order valence-corrected chi connectivity index (χ3v) is 9.13. The molecule has 8 nitrogen and oxygen atoms in total. The number of aryl methyl sites for hydroxylation is 2. The first-order valence-electron chi connectivity index (χ1n) is 14.7. The summed E-state index contributed by atoms with van der Waals surface area (Å²) < 4.78 is 29.1. The number of nitrogens with one attached hydrogen (secondary N) is 1. The number of hydrogen-bond acceptors (Lipinski definition) is 6. The molecule has 2 atom stereocenters. The van der Waals surface area contributed by atoms with Gasteiger partial charge in [-0.15, -0.1) is 0 Å². The molecule has 2 unspecified atom stereocenters. The topological polar surface area (TPSA) is 113 Å². The molecule has 1 fully saturated rings. The molecule has 41 heavy (non-hydrogen) atoms. The van der Waals surface area contributed by atoms with Gasteiger partial charge in [0.15, 0.2) is 0 Å². The van der Waals surface area contributed by atoms with E-state index in [9.17, 15) is 23.1 Å². The quantitative estimate of drug-likeness (QED) is 0.306. The van der Waals surface area contributed by atoms with Crippen LogP contribution >= 0.6 is 0 Å². The van der Waals surface area contributed by atoms with Crippen LogP contribution in [-0.4, -0.2) is 80.7 Å². The van der Waals surface area contributed by atoms with Crippen LogP contribution in [-0.2, 0) is 25.8 Å². The average molecular weight is 587 g/mol. The van der Waals surface area contributed by atoms with E-state index in [1.165, 1.54) is 32.1 Å².